The average molecular weight is 358 g/mol. The van der Waals surface area contributed by atoms with Gasteiger partial charge >= 0.3 is 11.9 Å². The summed E-state index contributed by atoms with van der Waals surface area (Å²) in [5.41, 5.74) is 1.27. The highest BCUT2D eigenvalue weighted by molar-refractivity contribution is 5.99. The molecule has 1 fully saturated rings. The van der Waals surface area contributed by atoms with Crippen LogP contribution in [0.5, 0.6) is 0 Å². The highest BCUT2D eigenvalue weighted by Crippen LogP contribution is 2.47. The molecule has 1 saturated heterocycles. The number of carbonyl (C=O) groups excluding carboxylic acids is 1. The summed E-state index contributed by atoms with van der Waals surface area (Å²) in [6.45, 7) is 2.32. The maximum atomic E-state index is 12.5. The minimum atomic E-state index is -1.19. The molecule has 0 aromatic heterocycles. The number of aliphatic carboxylic acids is 1. The van der Waals surface area contributed by atoms with Crippen LogP contribution in [0.2, 0.25) is 0 Å². The second-order valence-electron chi connectivity index (χ2n) is 6.16. The minimum absolute atomic E-state index is 0.00259. The molecule has 2 aliphatic rings. The van der Waals surface area contributed by atoms with Gasteiger partial charge in [0.05, 0.1) is 29.1 Å². The Balaban J connectivity index is 2.34. The van der Waals surface area contributed by atoms with E-state index in [0.29, 0.717) is 24.4 Å². The van der Waals surface area contributed by atoms with Gasteiger partial charge in [-0.2, -0.15) is 0 Å². The van der Waals surface area contributed by atoms with Gasteiger partial charge in [0.15, 0.2) is 0 Å². The maximum Gasteiger partial charge on any atom is 0.336 e. The lowest BCUT2D eigenvalue weighted by atomic mass is 9.79. The Morgan fingerprint density at radius 2 is 2.00 bits per heavy atom. The standard InChI is InChI=1S/C18H18N2O6/c1-10-14(18(23)26-2)15(11-6-3-4-7-12(11)20(24)25)16(17(21)22)13-8-5-9-19(10)13/h3-4,6-7,15H,5,8-9H2,1-2H3,(H,21,22). The van der Waals surface area contributed by atoms with Gasteiger partial charge < -0.3 is 14.7 Å². The Morgan fingerprint density at radius 1 is 1.31 bits per heavy atom. The van der Waals surface area contributed by atoms with E-state index in [1.54, 1.807) is 17.9 Å². The molecular weight excluding hydrogens is 340 g/mol. The van der Waals surface area contributed by atoms with E-state index in [1.165, 1.54) is 25.3 Å². The van der Waals surface area contributed by atoms with Gasteiger partial charge in [-0.25, -0.2) is 9.59 Å². The number of allylic oxidation sites excluding steroid dienone is 2. The molecule has 8 nitrogen and oxygen atoms in total. The topological polar surface area (TPSA) is 110 Å². The van der Waals surface area contributed by atoms with E-state index in [9.17, 15) is 24.8 Å². The normalized spacial score (nSPS) is 19.5. The monoisotopic (exact) mass is 358 g/mol. The number of carboxylic acid groups (broad SMARTS) is 1. The first-order valence-corrected chi connectivity index (χ1v) is 8.14. The Bertz CT molecular complexity index is 870. The zero-order valence-electron chi connectivity index (χ0n) is 14.4. The van der Waals surface area contributed by atoms with Crippen molar-refractivity contribution in [3.05, 3.63) is 62.5 Å². The smallest absolute Gasteiger partial charge is 0.336 e. The van der Waals surface area contributed by atoms with Gasteiger partial charge in [-0.3, -0.25) is 10.1 Å². The van der Waals surface area contributed by atoms with E-state index < -0.39 is 22.8 Å². The summed E-state index contributed by atoms with van der Waals surface area (Å²) in [6, 6.07) is 5.91. The molecule has 3 rings (SSSR count). The van der Waals surface area contributed by atoms with E-state index in [4.69, 9.17) is 4.74 Å². The van der Waals surface area contributed by atoms with Gasteiger partial charge in [-0.05, 0) is 19.8 Å². The first-order valence-electron chi connectivity index (χ1n) is 8.14. The third kappa shape index (κ3) is 2.63. The molecule has 8 heteroatoms. The predicted octanol–water partition coefficient (Wildman–Crippen LogP) is 2.57. The number of rotatable bonds is 4. The fraction of sp³-hybridized carbons (Fsp3) is 0.333. The number of carbonyl (C=O) groups is 2. The molecule has 2 heterocycles. The predicted molar refractivity (Wildman–Crippen MR) is 91.2 cm³/mol. The first kappa shape index (κ1) is 17.7. The lowest BCUT2D eigenvalue weighted by molar-refractivity contribution is -0.385. The molecule has 1 aromatic carbocycles. The van der Waals surface area contributed by atoms with Crippen molar-refractivity contribution in [2.75, 3.05) is 13.7 Å². The summed E-state index contributed by atoms with van der Waals surface area (Å²) in [6.07, 6.45) is 1.30. The number of para-hydroxylation sites is 1. The lowest BCUT2D eigenvalue weighted by Crippen LogP contribution is -2.33. The number of benzene rings is 1. The molecule has 1 N–H and O–H groups in total. The van der Waals surface area contributed by atoms with Gasteiger partial charge in [0, 0.05) is 29.6 Å². The lowest BCUT2D eigenvalue weighted by Gasteiger charge is -2.34. The van der Waals surface area contributed by atoms with Crippen LogP contribution in [0.25, 0.3) is 0 Å². The molecule has 0 bridgehead atoms. The van der Waals surface area contributed by atoms with Crippen LogP contribution in [0.3, 0.4) is 0 Å². The van der Waals surface area contributed by atoms with Crippen LogP contribution < -0.4 is 0 Å². The number of ether oxygens (including phenoxy) is 1. The molecule has 0 spiro atoms. The molecule has 0 aliphatic carbocycles. The number of methoxy groups -OCH3 is 1. The van der Waals surface area contributed by atoms with Crippen molar-refractivity contribution in [1.29, 1.82) is 0 Å². The van der Waals surface area contributed by atoms with Crippen molar-refractivity contribution < 1.29 is 24.4 Å². The minimum Gasteiger partial charge on any atom is -0.478 e. The van der Waals surface area contributed by atoms with Crippen molar-refractivity contribution in [1.82, 2.24) is 4.90 Å². The third-order valence-corrected chi connectivity index (χ3v) is 4.88. The summed E-state index contributed by atoms with van der Waals surface area (Å²) < 4.78 is 4.88. The van der Waals surface area contributed by atoms with Crippen molar-refractivity contribution in [3.8, 4) is 0 Å². The van der Waals surface area contributed by atoms with Gasteiger partial charge in [0.1, 0.15) is 0 Å². The van der Waals surface area contributed by atoms with Gasteiger partial charge in [0.2, 0.25) is 0 Å². The molecular formula is C18H18N2O6. The second kappa shape index (κ2) is 6.62. The molecule has 0 radical (unpaired) electrons. The van der Waals surface area contributed by atoms with E-state index >= 15 is 0 Å². The van der Waals surface area contributed by atoms with Crippen LogP contribution in [0, 0.1) is 10.1 Å². The highest BCUT2D eigenvalue weighted by atomic mass is 16.6. The van der Waals surface area contributed by atoms with E-state index in [2.05, 4.69) is 0 Å². The number of hydrogen-bond acceptors (Lipinski definition) is 6. The fourth-order valence-electron chi connectivity index (χ4n) is 3.82. The van der Waals surface area contributed by atoms with Crippen LogP contribution in [0.15, 0.2) is 46.8 Å². The molecule has 136 valence electrons. The van der Waals surface area contributed by atoms with Crippen LogP contribution in [-0.2, 0) is 14.3 Å². The number of nitro groups is 1. The molecule has 2 aliphatic heterocycles. The Morgan fingerprint density at radius 3 is 2.62 bits per heavy atom. The van der Waals surface area contributed by atoms with Crippen LogP contribution in [-0.4, -0.2) is 40.5 Å². The van der Waals surface area contributed by atoms with Crippen molar-refractivity contribution in [2.24, 2.45) is 0 Å². The zero-order chi connectivity index (χ0) is 19.0. The van der Waals surface area contributed by atoms with Crippen LogP contribution in [0.1, 0.15) is 31.2 Å². The highest BCUT2D eigenvalue weighted by Gasteiger charge is 2.44. The van der Waals surface area contributed by atoms with Crippen molar-refractivity contribution in [3.63, 3.8) is 0 Å². The summed E-state index contributed by atoms with van der Waals surface area (Å²) in [7, 11) is 1.21. The Labute approximate surface area is 149 Å². The van der Waals surface area contributed by atoms with E-state index in [-0.39, 0.29) is 22.4 Å². The molecule has 1 atom stereocenters. The molecule has 0 amide bonds. The number of fused-ring (bicyclic) bond motifs is 1. The van der Waals surface area contributed by atoms with Crippen LogP contribution >= 0.6 is 0 Å². The van der Waals surface area contributed by atoms with Gasteiger partial charge in [0.25, 0.3) is 5.69 Å². The van der Waals surface area contributed by atoms with Crippen molar-refractivity contribution >= 4 is 17.6 Å². The summed E-state index contributed by atoms with van der Waals surface area (Å²) >= 11 is 0. The fourth-order valence-corrected chi connectivity index (χ4v) is 3.82. The molecule has 1 aromatic rings. The van der Waals surface area contributed by atoms with Gasteiger partial charge in [-0.15, -0.1) is 0 Å². The number of nitrogens with zero attached hydrogens (tertiary/aromatic N) is 2. The largest absolute Gasteiger partial charge is 0.478 e. The second-order valence-corrected chi connectivity index (χ2v) is 6.16. The number of esters is 1. The van der Waals surface area contributed by atoms with E-state index in [1.807, 2.05) is 0 Å². The van der Waals surface area contributed by atoms with E-state index in [0.717, 1.165) is 6.42 Å². The average Bonchev–Trinajstić information content (AvgIpc) is 3.10. The Kier molecular flexibility index (Phi) is 4.50. The summed E-state index contributed by atoms with van der Waals surface area (Å²) in [5, 5.41) is 21.4. The van der Waals surface area contributed by atoms with Crippen LogP contribution in [0.4, 0.5) is 5.69 Å². The number of carboxylic acids is 1. The number of nitro benzene ring substituents is 1. The summed E-state index contributed by atoms with van der Waals surface area (Å²) in [5.74, 6) is -2.93. The molecule has 1 unspecified atom stereocenters. The zero-order valence-corrected chi connectivity index (χ0v) is 14.4. The molecule has 26 heavy (non-hydrogen) atoms. The molecule has 0 saturated carbocycles. The maximum absolute atomic E-state index is 12.5. The van der Waals surface area contributed by atoms with Gasteiger partial charge in [-0.1, -0.05) is 18.2 Å². The first-order chi connectivity index (χ1) is 12.4. The Hall–Kier alpha value is -3.16. The third-order valence-electron chi connectivity index (χ3n) is 4.88. The van der Waals surface area contributed by atoms with Crippen molar-refractivity contribution in [2.45, 2.75) is 25.7 Å². The SMILES string of the molecule is COC(=O)C1=C(C)N2CCCC2=C(C(=O)O)C1c1ccccc1[N+](=O)[O-]. The summed E-state index contributed by atoms with van der Waals surface area (Å²) in [4.78, 5) is 37.3. The quantitative estimate of drug-likeness (QED) is 0.500. The number of hydrogen-bond donors (Lipinski definition) is 1.